The van der Waals surface area contributed by atoms with Crippen molar-refractivity contribution in [1.82, 2.24) is 9.97 Å². The number of ether oxygens (including phenoxy) is 2. The Hall–Kier alpha value is -1.41. The molecule has 0 radical (unpaired) electrons. The van der Waals surface area contributed by atoms with Gasteiger partial charge in [0.15, 0.2) is 0 Å². The SMILES string of the molecule is CNc1nc(Cc2ccc(OC)cc2)nc(COC)c1I. The lowest BCUT2D eigenvalue weighted by molar-refractivity contribution is 0.180. The minimum absolute atomic E-state index is 0.477. The fourth-order valence-corrected chi connectivity index (χ4v) is 2.61. The van der Waals surface area contributed by atoms with Crippen LogP contribution in [-0.2, 0) is 17.8 Å². The van der Waals surface area contributed by atoms with E-state index in [2.05, 4.69) is 37.9 Å². The minimum atomic E-state index is 0.477. The van der Waals surface area contributed by atoms with Crippen molar-refractivity contribution < 1.29 is 9.47 Å². The molecule has 0 atom stereocenters. The number of rotatable bonds is 6. The fraction of sp³-hybridized carbons (Fsp3) is 0.333. The van der Waals surface area contributed by atoms with E-state index in [4.69, 9.17) is 9.47 Å². The van der Waals surface area contributed by atoms with Crippen molar-refractivity contribution in [3.8, 4) is 5.75 Å². The Balaban J connectivity index is 2.27. The van der Waals surface area contributed by atoms with Crippen LogP contribution < -0.4 is 10.1 Å². The highest BCUT2D eigenvalue weighted by molar-refractivity contribution is 14.1. The Labute approximate surface area is 138 Å². The second-order valence-electron chi connectivity index (χ2n) is 4.46. The van der Waals surface area contributed by atoms with Crippen LogP contribution in [0.4, 0.5) is 5.82 Å². The van der Waals surface area contributed by atoms with Crippen LogP contribution in [0.15, 0.2) is 24.3 Å². The molecule has 1 N–H and O–H groups in total. The number of hydrogen-bond donors (Lipinski definition) is 1. The van der Waals surface area contributed by atoms with Crippen molar-refractivity contribution in [3.63, 3.8) is 0 Å². The molecule has 0 aliphatic carbocycles. The number of aromatic nitrogens is 2. The largest absolute Gasteiger partial charge is 0.497 e. The van der Waals surface area contributed by atoms with Crippen LogP contribution in [0.3, 0.4) is 0 Å². The first-order valence-electron chi connectivity index (χ1n) is 6.52. The molecule has 6 heteroatoms. The van der Waals surface area contributed by atoms with Gasteiger partial charge in [-0.3, -0.25) is 0 Å². The molecule has 1 aromatic heterocycles. The van der Waals surface area contributed by atoms with Crippen molar-refractivity contribution in [3.05, 3.63) is 44.9 Å². The van der Waals surface area contributed by atoms with Gasteiger partial charge in [0, 0.05) is 20.6 Å². The summed E-state index contributed by atoms with van der Waals surface area (Å²) in [6.07, 6.45) is 0.673. The summed E-state index contributed by atoms with van der Waals surface area (Å²) in [6.45, 7) is 0.477. The zero-order valence-electron chi connectivity index (χ0n) is 12.3. The van der Waals surface area contributed by atoms with Crippen molar-refractivity contribution >= 4 is 28.4 Å². The first-order chi connectivity index (χ1) is 10.2. The molecule has 112 valence electrons. The molecule has 21 heavy (non-hydrogen) atoms. The van der Waals surface area contributed by atoms with Gasteiger partial charge in [-0.15, -0.1) is 0 Å². The first-order valence-corrected chi connectivity index (χ1v) is 7.60. The molecule has 2 aromatic rings. The summed E-state index contributed by atoms with van der Waals surface area (Å²) < 4.78 is 11.4. The molecule has 0 aliphatic heterocycles. The van der Waals surface area contributed by atoms with E-state index in [1.807, 2.05) is 31.3 Å². The third-order valence-corrected chi connectivity index (χ3v) is 4.14. The maximum absolute atomic E-state index is 5.20. The number of halogens is 1. The number of anilines is 1. The molecule has 0 amide bonds. The molecular weight excluding hydrogens is 381 g/mol. The number of nitrogens with zero attached hydrogens (tertiary/aromatic N) is 2. The first kappa shape index (κ1) is 16.0. The van der Waals surface area contributed by atoms with E-state index in [1.165, 1.54) is 0 Å². The summed E-state index contributed by atoms with van der Waals surface area (Å²) in [4.78, 5) is 9.15. The van der Waals surface area contributed by atoms with E-state index in [1.54, 1.807) is 14.2 Å². The van der Waals surface area contributed by atoms with Crippen LogP contribution >= 0.6 is 22.6 Å². The van der Waals surface area contributed by atoms with Gasteiger partial charge in [-0.05, 0) is 40.3 Å². The topological polar surface area (TPSA) is 56.3 Å². The average molecular weight is 399 g/mol. The zero-order chi connectivity index (χ0) is 15.2. The van der Waals surface area contributed by atoms with E-state index >= 15 is 0 Å². The van der Waals surface area contributed by atoms with E-state index in [0.29, 0.717) is 13.0 Å². The zero-order valence-corrected chi connectivity index (χ0v) is 14.5. The molecule has 1 heterocycles. The molecule has 0 unspecified atom stereocenters. The molecule has 0 fully saturated rings. The quantitative estimate of drug-likeness (QED) is 0.758. The number of hydrogen-bond acceptors (Lipinski definition) is 5. The van der Waals surface area contributed by atoms with E-state index in [-0.39, 0.29) is 0 Å². The molecular formula is C15H18IN3O2. The average Bonchev–Trinajstić information content (AvgIpc) is 2.51. The summed E-state index contributed by atoms with van der Waals surface area (Å²) in [5.41, 5.74) is 2.04. The summed E-state index contributed by atoms with van der Waals surface area (Å²) in [5, 5.41) is 3.10. The van der Waals surface area contributed by atoms with Crippen LogP contribution in [-0.4, -0.2) is 31.2 Å². The molecule has 0 spiro atoms. The van der Waals surface area contributed by atoms with Crippen LogP contribution in [0.5, 0.6) is 5.75 Å². The van der Waals surface area contributed by atoms with Crippen LogP contribution in [0.1, 0.15) is 17.1 Å². The smallest absolute Gasteiger partial charge is 0.143 e. The summed E-state index contributed by atoms with van der Waals surface area (Å²) in [7, 11) is 5.19. The van der Waals surface area contributed by atoms with Gasteiger partial charge in [0.05, 0.1) is 23.0 Å². The highest BCUT2D eigenvalue weighted by Crippen LogP contribution is 2.21. The minimum Gasteiger partial charge on any atom is -0.497 e. The van der Waals surface area contributed by atoms with Gasteiger partial charge in [-0.2, -0.15) is 0 Å². The van der Waals surface area contributed by atoms with E-state index < -0.39 is 0 Å². The Kier molecular flexibility index (Phi) is 5.75. The lowest BCUT2D eigenvalue weighted by Gasteiger charge is -2.11. The fourth-order valence-electron chi connectivity index (χ4n) is 1.95. The monoisotopic (exact) mass is 399 g/mol. The summed E-state index contributed by atoms with van der Waals surface area (Å²) in [5.74, 6) is 2.46. The maximum Gasteiger partial charge on any atom is 0.143 e. The molecule has 0 saturated heterocycles. The van der Waals surface area contributed by atoms with Crippen LogP contribution in [0, 0.1) is 3.57 Å². The van der Waals surface area contributed by atoms with E-state index in [0.717, 1.165) is 32.2 Å². The third kappa shape index (κ3) is 4.04. The molecule has 2 rings (SSSR count). The number of methoxy groups -OCH3 is 2. The molecule has 5 nitrogen and oxygen atoms in total. The Morgan fingerprint density at radius 2 is 1.86 bits per heavy atom. The van der Waals surface area contributed by atoms with Gasteiger partial charge < -0.3 is 14.8 Å². The van der Waals surface area contributed by atoms with Gasteiger partial charge >= 0.3 is 0 Å². The van der Waals surface area contributed by atoms with Gasteiger partial charge in [-0.1, -0.05) is 12.1 Å². The van der Waals surface area contributed by atoms with E-state index in [9.17, 15) is 0 Å². The second-order valence-corrected chi connectivity index (χ2v) is 5.54. The van der Waals surface area contributed by atoms with Gasteiger partial charge in [-0.25, -0.2) is 9.97 Å². The normalized spacial score (nSPS) is 10.5. The Morgan fingerprint density at radius 1 is 1.14 bits per heavy atom. The maximum atomic E-state index is 5.20. The Bertz CT molecular complexity index is 603. The highest BCUT2D eigenvalue weighted by atomic mass is 127. The van der Waals surface area contributed by atoms with Gasteiger partial charge in [0.25, 0.3) is 0 Å². The predicted molar refractivity (Wildman–Crippen MR) is 90.8 cm³/mol. The number of nitrogens with one attached hydrogen (secondary N) is 1. The third-order valence-electron chi connectivity index (χ3n) is 3.01. The summed E-state index contributed by atoms with van der Waals surface area (Å²) in [6, 6.07) is 7.93. The van der Waals surface area contributed by atoms with Gasteiger partial charge in [0.1, 0.15) is 17.4 Å². The van der Waals surface area contributed by atoms with Crippen molar-refractivity contribution in [2.45, 2.75) is 13.0 Å². The predicted octanol–water partition coefficient (Wildman–Crippen LogP) is 2.87. The molecule has 0 aliphatic rings. The Morgan fingerprint density at radius 3 is 2.43 bits per heavy atom. The highest BCUT2D eigenvalue weighted by Gasteiger charge is 2.11. The standard InChI is InChI=1S/C15H18IN3O2/c1-17-15-14(16)12(9-20-2)18-13(19-15)8-10-4-6-11(21-3)7-5-10/h4-7H,8-9H2,1-3H3,(H,17,18,19). The van der Waals surface area contributed by atoms with Crippen molar-refractivity contribution in [2.24, 2.45) is 0 Å². The molecule has 1 aromatic carbocycles. The van der Waals surface area contributed by atoms with Gasteiger partial charge in [0.2, 0.25) is 0 Å². The molecule has 0 saturated carbocycles. The van der Waals surface area contributed by atoms with Crippen molar-refractivity contribution in [1.29, 1.82) is 0 Å². The lowest BCUT2D eigenvalue weighted by atomic mass is 10.1. The van der Waals surface area contributed by atoms with Crippen LogP contribution in [0.2, 0.25) is 0 Å². The second kappa shape index (κ2) is 7.56. The molecule has 0 bridgehead atoms. The van der Waals surface area contributed by atoms with Crippen LogP contribution in [0.25, 0.3) is 0 Å². The number of benzene rings is 1. The summed E-state index contributed by atoms with van der Waals surface area (Å²) >= 11 is 2.24. The van der Waals surface area contributed by atoms with Crippen molar-refractivity contribution in [2.75, 3.05) is 26.6 Å². The lowest BCUT2D eigenvalue weighted by Crippen LogP contribution is -2.08.